The smallest absolute Gasteiger partial charge is 0.350 e. The van der Waals surface area contributed by atoms with E-state index in [1.807, 2.05) is 46.8 Å². The monoisotopic (exact) mass is 441 g/mol. The number of esters is 1. The third kappa shape index (κ3) is 5.02. The summed E-state index contributed by atoms with van der Waals surface area (Å²) in [6, 6.07) is 5.56. The number of nitrogens with zero attached hydrogens (tertiary/aromatic N) is 2. The van der Waals surface area contributed by atoms with Gasteiger partial charge in [0.05, 0.1) is 17.8 Å². The van der Waals surface area contributed by atoms with Crippen LogP contribution in [0, 0.1) is 33.6 Å². The predicted octanol–water partition coefficient (Wildman–Crippen LogP) is 4.14. The minimum Gasteiger partial charge on any atom is -0.461 e. The number of pyridine rings is 1. The van der Waals surface area contributed by atoms with Crippen LogP contribution >= 0.6 is 11.3 Å². The summed E-state index contributed by atoms with van der Waals surface area (Å²) in [6.45, 7) is 11.6. The molecule has 0 bridgehead atoms. The van der Waals surface area contributed by atoms with Crippen LogP contribution in [0.5, 0.6) is 0 Å². The molecule has 0 radical (unpaired) electrons. The fourth-order valence-electron chi connectivity index (χ4n) is 3.48. The number of aryl methyl sites for hydroxylation is 4. The molecule has 0 unspecified atom stereocenters. The van der Waals surface area contributed by atoms with Gasteiger partial charge in [0, 0.05) is 11.5 Å². The van der Waals surface area contributed by atoms with Crippen LogP contribution in [0.3, 0.4) is 0 Å². The lowest BCUT2D eigenvalue weighted by Gasteiger charge is -2.14. The Bertz CT molecular complexity index is 1220. The van der Waals surface area contributed by atoms with Crippen LogP contribution in [0.2, 0.25) is 0 Å². The highest BCUT2D eigenvalue weighted by molar-refractivity contribution is 7.17. The van der Waals surface area contributed by atoms with Gasteiger partial charge in [0.15, 0.2) is 5.13 Å². The number of aromatic nitrogens is 2. The van der Waals surface area contributed by atoms with Crippen molar-refractivity contribution in [3.05, 3.63) is 55.8 Å². The number of carbonyl (C=O) groups excluding carboxylic acids is 2. The molecule has 1 amide bonds. The minimum absolute atomic E-state index is 0.148. The number of amides is 1. The maximum atomic E-state index is 12.7. The molecule has 3 rings (SSSR count). The first-order valence-electron chi connectivity index (χ1n) is 10.1. The normalized spacial score (nSPS) is 11.2. The second-order valence-corrected chi connectivity index (χ2v) is 9.20. The standard InChI is InChI=1S/C23H27N3O4S/c1-12(2)11-30-22(29)21-16(6)24-23(31-21)25-18(27)10-26-19(28)9-14(4)17-8-13(3)7-15(5)20(17)26/h7-9,12H,10-11H2,1-6H3,(H,24,25,27). The Labute approximate surface area is 185 Å². The van der Waals surface area contributed by atoms with Gasteiger partial charge in [-0.3, -0.25) is 14.2 Å². The van der Waals surface area contributed by atoms with Gasteiger partial charge in [0.1, 0.15) is 11.4 Å². The molecule has 164 valence electrons. The molecule has 3 aromatic rings. The number of benzene rings is 1. The summed E-state index contributed by atoms with van der Waals surface area (Å²) in [5.41, 5.74) is 3.92. The van der Waals surface area contributed by atoms with Gasteiger partial charge in [-0.1, -0.05) is 36.8 Å². The molecule has 0 atom stereocenters. The molecule has 2 aromatic heterocycles. The zero-order valence-electron chi connectivity index (χ0n) is 18.7. The summed E-state index contributed by atoms with van der Waals surface area (Å²) in [7, 11) is 0. The van der Waals surface area contributed by atoms with Gasteiger partial charge >= 0.3 is 5.97 Å². The molecule has 1 aromatic carbocycles. The van der Waals surface area contributed by atoms with Gasteiger partial charge in [-0.25, -0.2) is 9.78 Å². The summed E-state index contributed by atoms with van der Waals surface area (Å²) in [5, 5.41) is 3.96. The number of thiazole rings is 1. The van der Waals surface area contributed by atoms with Crippen molar-refractivity contribution in [1.29, 1.82) is 0 Å². The number of carbonyl (C=O) groups is 2. The van der Waals surface area contributed by atoms with Crippen LogP contribution in [0.15, 0.2) is 23.0 Å². The number of hydrogen-bond donors (Lipinski definition) is 1. The SMILES string of the molecule is Cc1cc(C)c2c(c1)c(C)cc(=O)n2CC(=O)Nc1nc(C)c(C(=O)OCC(C)C)s1. The predicted molar refractivity (Wildman–Crippen MR) is 123 cm³/mol. The van der Waals surface area contributed by atoms with E-state index in [4.69, 9.17) is 4.74 Å². The van der Waals surface area contributed by atoms with Crippen molar-refractivity contribution in [3.63, 3.8) is 0 Å². The highest BCUT2D eigenvalue weighted by atomic mass is 32.1. The summed E-state index contributed by atoms with van der Waals surface area (Å²) < 4.78 is 6.73. The largest absolute Gasteiger partial charge is 0.461 e. The topological polar surface area (TPSA) is 90.3 Å². The molecule has 1 N–H and O–H groups in total. The summed E-state index contributed by atoms with van der Waals surface area (Å²) >= 11 is 1.07. The Morgan fingerprint density at radius 3 is 2.52 bits per heavy atom. The van der Waals surface area contributed by atoms with Crippen molar-refractivity contribution < 1.29 is 14.3 Å². The van der Waals surface area contributed by atoms with E-state index in [2.05, 4.69) is 10.3 Å². The molecule has 0 saturated carbocycles. The first-order chi connectivity index (χ1) is 14.6. The molecule has 31 heavy (non-hydrogen) atoms. The molecule has 0 spiro atoms. The Morgan fingerprint density at radius 2 is 1.84 bits per heavy atom. The first-order valence-corrected chi connectivity index (χ1v) is 10.9. The lowest BCUT2D eigenvalue weighted by Crippen LogP contribution is -2.28. The fraction of sp³-hybridized carbons (Fsp3) is 0.391. The van der Waals surface area contributed by atoms with Gasteiger partial charge in [0.25, 0.3) is 5.56 Å². The van der Waals surface area contributed by atoms with E-state index < -0.39 is 5.97 Å². The Kier molecular flexibility index (Phi) is 6.59. The summed E-state index contributed by atoms with van der Waals surface area (Å²) in [5.74, 6) is -0.606. The lowest BCUT2D eigenvalue weighted by molar-refractivity contribution is -0.116. The zero-order valence-corrected chi connectivity index (χ0v) is 19.5. The van der Waals surface area contributed by atoms with Gasteiger partial charge in [-0.2, -0.15) is 0 Å². The van der Waals surface area contributed by atoms with E-state index >= 15 is 0 Å². The van der Waals surface area contributed by atoms with E-state index in [1.54, 1.807) is 13.0 Å². The van der Waals surface area contributed by atoms with Crippen LogP contribution in [0.4, 0.5) is 5.13 Å². The maximum absolute atomic E-state index is 12.7. The quantitative estimate of drug-likeness (QED) is 0.581. The minimum atomic E-state index is -0.448. The molecule has 0 saturated heterocycles. The zero-order chi connectivity index (χ0) is 22.9. The van der Waals surface area contributed by atoms with Crippen molar-refractivity contribution in [2.75, 3.05) is 11.9 Å². The number of fused-ring (bicyclic) bond motifs is 1. The summed E-state index contributed by atoms with van der Waals surface area (Å²) in [6.07, 6.45) is 0. The molecule has 7 nitrogen and oxygen atoms in total. The van der Waals surface area contributed by atoms with Gasteiger partial charge in [-0.05, 0) is 50.8 Å². The Balaban J connectivity index is 1.84. The molecular weight excluding hydrogens is 414 g/mol. The molecule has 0 aliphatic heterocycles. The van der Waals surface area contributed by atoms with Crippen LogP contribution in [-0.4, -0.2) is 28.0 Å². The molecule has 2 heterocycles. The number of hydrogen-bond acceptors (Lipinski definition) is 6. The fourth-order valence-corrected chi connectivity index (χ4v) is 4.35. The average molecular weight is 442 g/mol. The number of ether oxygens (including phenoxy) is 1. The molecule has 0 aliphatic carbocycles. The van der Waals surface area contributed by atoms with Crippen LogP contribution < -0.4 is 10.9 Å². The van der Waals surface area contributed by atoms with Crippen molar-refractivity contribution in [2.45, 2.75) is 48.1 Å². The van der Waals surface area contributed by atoms with E-state index in [0.29, 0.717) is 22.3 Å². The van der Waals surface area contributed by atoms with Crippen molar-refractivity contribution in [1.82, 2.24) is 9.55 Å². The lowest BCUT2D eigenvalue weighted by atomic mass is 10.0. The molecule has 0 aliphatic rings. The van der Waals surface area contributed by atoms with E-state index in [0.717, 1.165) is 38.9 Å². The third-order valence-electron chi connectivity index (χ3n) is 4.82. The van der Waals surface area contributed by atoms with Gasteiger partial charge in [0.2, 0.25) is 5.91 Å². The number of anilines is 1. The highest BCUT2D eigenvalue weighted by Crippen LogP contribution is 2.25. The van der Waals surface area contributed by atoms with Gasteiger partial charge in [-0.15, -0.1) is 0 Å². The van der Waals surface area contributed by atoms with E-state index in [1.165, 1.54) is 4.57 Å². The van der Waals surface area contributed by atoms with Crippen molar-refractivity contribution in [2.24, 2.45) is 5.92 Å². The van der Waals surface area contributed by atoms with Gasteiger partial charge < -0.3 is 10.1 Å². The third-order valence-corrected chi connectivity index (χ3v) is 5.88. The Hall–Kier alpha value is -3.00. The summed E-state index contributed by atoms with van der Waals surface area (Å²) in [4.78, 5) is 42.3. The maximum Gasteiger partial charge on any atom is 0.350 e. The average Bonchev–Trinajstić information content (AvgIpc) is 3.03. The highest BCUT2D eigenvalue weighted by Gasteiger charge is 2.19. The van der Waals surface area contributed by atoms with E-state index in [-0.39, 0.29) is 23.9 Å². The Morgan fingerprint density at radius 1 is 1.13 bits per heavy atom. The number of rotatable bonds is 6. The van der Waals surface area contributed by atoms with Crippen LogP contribution in [0.1, 0.15) is 45.9 Å². The van der Waals surface area contributed by atoms with Crippen molar-refractivity contribution in [3.8, 4) is 0 Å². The van der Waals surface area contributed by atoms with Crippen molar-refractivity contribution >= 4 is 39.2 Å². The van der Waals surface area contributed by atoms with Crippen LogP contribution in [0.25, 0.3) is 10.9 Å². The number of nitrogens with one attached hydrogen (secondary N) is 1. The molecule has 8 heteroatoms. The van der Waals surface area contributed by atoms with Crippen LogP contribution in [-0.2, 0) is 16.1 Å². The second kappa shape index (κ2) is 9.01. The van der Waals surface area contributed by atoms with E-state index in [9.17, 15) is 14.4 Å². The molecule has 0 fully saturated rings. The molecular formula is C23H27N3O4S. The first kappa shape index (κ1) is 22.7. The second-order valence-electron chi connectivity index (χ2n) is 8.20.